The molecule has 1 amide bonds. The molecule has 2 N–H and O–H groups in total. The minimum atomic E-state index is -3.73. The number of hydrogen-bond donors (Lipinski definition) is 2. The van der Waals surface area contributed by atoms with E-state index in [-0.39, 0.29) is 11.8 Å². The van der Waals surface area contributed by atoms with Gasteiger partial charge in [-0.3, -0.25) is 9.52 Å². The normalized spacial score (nSPS) is 14.2. The molecule has 1 aliphatic carbocycles. The number of amides is 1. The third-order valence-electron chi connectivity index (χ3n) is 4.90. The van der Waals surface area contributed by atoms with Gasteiger partial charge in [0.2, 0.25) is 5.91 Å². The van der Waals surface area contributed by atoms with Gasteiger partial charge >= 0.3 is 0 Å². The first-order valence-electron chi connectivity index (χ1n) is 8.70. The lowest BCUT2D eigenvalue weighted by atomic mass is 10.0. The van der Waals surface area contributed by atoms with Gasteiger partial charge in [0.1, 0.15) is 0 Å². The van der Waals surface area contributed by atoms with Gasteiger partial charge in [-0.15, -0.1) is 0 Å². The highest BCUT2D eigenvalue weighted by Gasteiger charge is 2.29. The maximum atomic E-state index is 13.0. The van der Waals surface area contributed by atoms with Crippen molar-refractivity contribution in [1.29, 1.82) is 0 Å². The highest BCUT2D eigenvalue weighted by atomic mass is 32.2. The van der Waals surface area contributed by atoms with Crippen molar-refractivity contribution in [2.75, 3.05) is 10.0 Å². The Bertz CT molecular complexity index is 951. The minimum Gasteiger partial charge on any atom is -0.326 e. The molecular weight excluding hydrogens is 348 g/mol. The van der Waals surface area contributed by atoms with Gasteiger partial charge in [0.15, 0.2) is 0 Å². The summed E-state index contributed by atoms with van der Waals surface area (Å²) < 4.78 is 28.7. The predicted octanol–water partition coefficient (Wildman–Crippen LogP) is 4.07. The number of carbonyl (C=O) groups excluding carboxylic acids is 1. The fraction of sp³-hybridized carbons (Fsp3) is 0.350. The van der Waals surface area contributed by atoms with Crippen LogP contribution in [0.1, 0.15) is 35.1 Å². The van der Waals surface area contributed by atoms with E-state index in [1.54, 1.807) is 24.3 Å². The summed E-state index contributed by atoms with van der Waals surface area (Å²) in [5.41, 5.74) is 4.41. The van der Waals surface area contributed by atoms with E-state index >= 15 is 0 Å². The Morgan fingerprint density at radius 3 is 2.12 bits per heavy atom. The summed E-state index contributed by atoms with van der Waals surface area (Å²) in [4.78, 5) is 12.2. The molecule has 26 heavy (non-hydrogen) atoms. The van der Waals surface area contributed by atoms with Crippen molar-refractivity contribution in [3.8, 4) is 0 Å². The van der Waals surface area contributed by atoms with Gasteiger partial charge in [0.25, 0.3) is 10.0 Å². The molecule has 0 saturated heterocycles. The molecule has 1 aliphatic rings. The van der Waals surface area contributed by atoms with E-state index in [1.807, 2.05) is 33.8 Å². The van der Waals surface area contributed by atoms with E-state index in [0.29, 0.717) is 16.3 Å². The molecule has 0 atom stereocenters. The maximum absolute atomic E-state index is 13.0. The second-order valence-corrected chi connectivity index (χ2v) is 8.66. The van der Waals surface area contributed by atoms with Crippen molar-refractivity contribution >= 4 is 27.3 Å². The Labute approximate surface area is 154 Å². The van der Waals surface area contributed by atoms with Crippen molar-refractivity contribution < 1.29 is 13.2 Å². The molecule has 2 aromatic carbocycles. The molecule has 0 heterocycles. The lowest BCUT2D eigenvalue weighted by Gasteiger charge is -2.17. The highest BCUT2D eigenvalue weighted by Crippen LogP contribution is 2.31. The Morgan fingerprint density at radius 2 is 1.54 bits per heavy atom. The van der Waals surface area contributed by atoms with Crippen molar-refractivity contribution in [3.63, 3.8) is 0 Å². The zero-order valence-corrected chi connectivity index (χ0v) is 16.3. The van der Waals surface area contributed by atoms with Crippen molar-refractivity contribution in [2.24, 2.45) is 5.92 Å². The molecule has 2 aromatic rings. The number of benzene rings is 2. The smallest absolute Gasteiger partial charge is 0.262 e. The Balaban J connectivity index is 1.90. The summed E-state index contributed by atoms with van der Waals surface area (Å²) in [6, 6.07) is 8.80. The third kappa shape index (κ3) is 3.75. The Kier molecular flexibility index (Phi) is 4.80. The molecule has 0 aromatic heterocycles. The molecule has 0 unspecified atom stereocenters. The van der Waals surface area contributed by atoms with Crippen LogP contribution in [-0.2, 0) is 14.8 Å². The molecule has 0 radical (unpaired) electrons. The largest absolute Gasteiger partial charge is 0.326 e. The fourth-order valence-electron chi connectivity index (χ4n) is 3.04. The standard InChI is InChI=1S/C20H24N2O3S/c1-12-10-13(2)15(4)19(14(12)3)26(24,25)22-18-7-5-6-17(11-18)21-20(23)16-8-9-16/h5-7,10-11,16,22H,8-9H2,1-4H3,(H,21,23). The lowest BCUT2D eigenvalue weighted by molar-refractivity contribution is -0.117. The molecule has 0 bridgehead atoms. The van der Waals surface area contributed by atoms with Gasteiger partial charge in [0.05, 0.1) is 10.6 Å². The van der Waals surface area contributed by atoms with Crippen LogP contribution >= 0.6 is 0 Å². The SMILES string of the molecule is Cc1cc(C)c(C)c(S(=O)(=O)Nc2cccc(NC(=O)C3CC3)c2)c1C. The molecule has 138 valence electrons. The van der Waals surface area contributed by atoms with Gasteiger partial charge in [-0.25, -0.2) is 8.42 Å². The molecule has 1 fully saturated rings. The van der Waals surface area contributed by atoms with Gasteiger partial charge < -0.3 is 5.32 Å². The van der Waals surface area contributed by atoms with Gasteiger partial charge in [-0.2, -0.15) is 0 Å². The number of aryl methyl sites for hydroxylation is 2. The summed E-state index contributed by atoms with van der Waals surface area (Å²) in [7, 11) is -3.73. The first kappa shape index (κ1) is 18.5. The number of rotatable bonds is 5. The van der Waals surface area contributed by atoms with Crippen LogP contribution in [0.5, 0.6) is 0 Å². The Morgan fingerprint density at radius 1 is 0.962 bits per heavy atom. The zero-order valence-electron chi connectivity index (χ0n) is 15.5. The fourth-order valence-corrected chi connectivity index (χ4v) is 4.71. The van der Waals surface area contributed by atoms with Crippen LogP contribution in [0.2, 0.25) is 0 Å². The average molecular weight is 372 g/mol. The predicted molar refractivity (Wildman–Crippen MR) is 104 cm³/mol. The van der Waals surface area contributed by atoms with Gasteiger partial charge in [0, 0.05) is 11.6 Å². The zero-order chi connectivity index (χ0) is 19.1. The summed E-state index contributed by atoms with van der Waals surface area (Å²) in [5, 5.41) is 2.84. The summed E-state index contributed by atoms with van der Waals surface area (Å²) in [6.07, 6.45) is 1.84. The number of hydrogen-bond acceptors (Lipinski definition) is 3. The highest BCUT2D eigenvalue weighted by molar-refractivity contribution is 7.92. The third-order valence-corrected chi connectivity index (χ3v) is 6.55. The number of sulfonamides is 1. The molecule has 5 nitrogen and oxygen atoms in total. The molecule has 1 saturated carbocycles. The van der Waals surface area contributed by atoms with Crippen molar-refractivity contribution in [1.82, 2.24) is 0 Å². The van der Waals surface area contributed by atoms with Gasteiger partial charge in [-0.05, 0) is 81.0 Å². The number of carbonyl (C=O) groups is 1. The van der Waals surface area contributed by atoms with Crippen LogP contribution in [-0.4, -0.2) is 14.3 Å². The van der Waals surface area contributed by atoms with Crippen LogP contribution in [0.15, 0.2) is 35.2 Å². The van der Waals surface area contributed by atoms with Gasteiger partial charge in [-0.1, -0.05) is 12.1 Å². The quantitative estimate of drug-likeness (QED) is 0.831. The molecule has 3 rings (SSSR count). The van der Waals surface area contributed by atoms with Crippen LogP contribution < -0.4 is 10.0 Å². The number of nitrogens with one attached hydrogen (secondary N) is 2. The second kappa shape index (κ2) is 6.76. The van der Waals surface area contributed by atoms with E-state index in [2.05, 4.69) is 10.0 Å². The Hall–Kier alpha value is -2.34. The van der Waals surface area contributed by atoms with Crippen molar-refractivity contribution in [2.45, 2.75) is 45.4 Å². The van der Waals surface area contributed by atoms with E-state index < -0.39 is 10.0 Å². The number of anilines is 2. The van der Waals surface area contributed by atoms with Crippen LogP contribution in [0.4, 0.5) is 11.4 Å². The molecule has 0 aliphatic heterocycles. The summed E-state index contributed by atoms with van der Waals surface area (Å²) in [6.45, 7) is 7.47. The monoisotopic (exact) mass is 372 g/mol. The van der Waals surface area contributed by atoms with E-state index in [0.717, 1.165) is 35.1 Å². The van der Waals surface area contributed by atoms with E-state index in [1.165, 1.54) is 0 Å². The first-order valence-corrected chi connectivity index (χ1v) is 10.2. The van der Waals surface area contributed by atoms with E-state index in [9.17, 15) is 13.2 Å². The molecule has 0 spiro atoms. The van der Waals surface area contributed by atoms with E-state index in [4.69, 9.17) is 0 Å². The van der Waals surface area contributed by atoms with Crippen molar-refractivity contribution in [3.05, 3.63) is 52.6 Å². The van der Waals surface area contributed by atoms with Crippen LogP contribution in [0, 0.1) is 33.6 Å². The molecule has 6 heteroatoms. The van der Waals surface area contributed by atoms with Crippen LogP contribution in [0.3, 0.4) is 0 Å². The minimum absolute atomic E-state index is 0.00833. The topological polar surface area (TPSA) is 75.3 Å². The maximum Gasteiger partial charge on any atom is 0.262 e. The second-order valence-electron chi connectivity index (χ2n) is 7.04. The summed E-state index contributed by atoms with van der Waals surface area (Å²) >= 11 is 0. The summed E-state index contributed by atoms with van der Waals surface area (Å²) in [5.74, 6) is 0.0851. The van der Waals surface area contributed by atoms with Crippen LogP contribution in [0.25, 0.3) is 0 Å². The average Bonchev–Trinajstić information content (AvgIpc) is 3.37. The first-order chi connectivity index (χ1) is 12.2. The lowest BCUT2D eigenvalue weighted by Crippen LogP contribution is -2.17. The molecular formula is C20H24N2O3S.